The molecule has 1 rings (SSSR count). The summed E-state index contributed by atoms with van der Waals surface area (Å²) in [5, 5.41) is 10.5. The summed E-state index contributed by atoms with van der Waals surface area (Å²) >= 11 is 3.64. The first-order valence-corrected chi connectivity index (χ1v) is 8.43. The molecule has 0 saturated heterocycles. The van der Waals surface area contributed by atoms with Crippen molar-refractivity contribution in [2.24, 2.45) is 0 Å². The van der Waals surface area contributed by atoms with Crippen LogP contribution in [0.4, 0.5) is 0 Å². The molecule has 0 fully saturated rings. The quantitative estimate of drug-likeness (QED) is 0.457. The van der Waals surface area contributed by atoms with E-state index >= 15 is 0 Å². The van der Waals surface area contributed by atoms with Gasteiger partial charge in [-0.15, -0.1) is 0 Å². The summed E-state index contributed by atoms with van der Waals surface area (Å²) in [7, 11) is 2.29. The van der Waals surface area contributed by atoms with E-state index in [1.807, 2.05) is 22.6 Å². The van der Waals surface area contributed by atoms with E-state index in [0.29, 0.717) is 5.75 Å². The number of quaternary nitrogens is 1. The molecule has 0 aliphatic rings. The van der Waals surface area contributed by atoms with Gasteiger partial charge in [-0.2, -0.15) is 0 Å². The van der Waals surface area contributed by atoms with Crippen LogP contribution in [0.5, 0.6) is 5.75 Å². The van der Waals surface area contributed by atoms with Crippen molar-refractivity contribution >= 4 is 51.6 Å². The zero-order chi connectivity index (χ0) is 15.8. The lowest BCUT2D eigenvalue weighted by Gasteiger charge is -2.30. The summed E-state index contributed by atoms with van der Waals surface area (Å²) in [5.41, 5.74) is 0.0799. The molecule has 0 heterocycles. The summed E-state index contributed by atoms with van der Waals surface area (Å²) in [6.07, 6.45) is 0. The molecular formula is C14H21I2NO3. The van der Waals surface area contributed by atoms with E-state index in [4.69, 9.17) is 3.07 Å². The molecule has 0 aromatic heterocycles. The Balaban J connectivity index is 0.000000396. The van der Waals surface area contributed by atoms with Gasteiger partial charge in [0, 0.05) is 5.56 Å². The smallest absolute Gasteiger partial charge is 0.192 e. The van der Waals surface area contributed by atoms with Gasteiger partial charge in [-0.05, 0) is 55.5 Å². The van der Waals surface area contributed by atoms with Crippen molar-refractivity contribution in [3.05, 3.63) is 27.3 Å². The lowest BCUT2D eigenvalue weighted by molar-refractivity contribution is -0.904. The third kappa shape index (κ3) is 6.13. The minimum atomic E-state index is -1.22. The van der Waals surface area contributed by atoms with Gasteiger partial charge in [0.05, 0.1) is 36.2 Å². The third-order valence-electron chi connectivity index (χ3n) is 3.55. The summed E-state index contributed by atoms with van der Waals surface area (Å²) in [6, 6.07) is 4.86. The van der Waals surface area contributed by atoms with Crippen molar-refractivity contribution in [2.75, 3.05) is 26.7 Å². The number of halogens is 2. The van der Waals surface area contributed by atoms with Gasteiger partial charge in [0.1, 0.15) is 0 Å². The summed E-state index contributed by atoms with van der Waals surface area (Å²) in [4.78, 5) is 10.5. The molecular weight excluding hydrogens is 484 g/mol. The topological polar surface area (TPSA) is 49.4 Å². The second-order valence-electron chi connectivity index (χ2n) is 4.55. The molecule has 0 aliphatic carbocycles. The highest BCUT2D eigenvalue weighted by Crippen LogP contribution is 2.26. The maximum Gasteiger partial charge on any atom is 0.192 e. The van der Waals surface area contributed by atoms with Crippen LogP contribution in [0.25, 0.3) is 0 Å². The minimum absolute atomic E-state index is 0.0799. The van der Waals surface area contributed by atoms with Crippen molar-refractivity contribution in [1.82, 2.24) is 0 Å². The summed E-state index contributed by atoms with van der Waals surface area (Å²) < 4.78 is 6.84. The fourth-order valence-electron chi connectivity index (χ4n) is 1.42. The molecule has 4 nitrogen and oxygen atoms in total. The highest BCUT2D eigenvalue weighted by Gasteiger charge is 2.10. The Morgan fingerprint density at radius 3 is 2.00 bits per heavy atom. The van der Waals surface area contributed by atoms with E-state index in [0.717, 1.165) is 3.57 Å². The van der Waals surface area contributed by atoms with Crippen LogP contribution in [0.1, 0.15) is 31.1 Å². The Bertz CT molecular complexity index is 426. The second kappa shape index (κ2) is 9.78. The van der Waals surface area contributed by atoms with E-state index < -0.39 is 5.97 Å². The van der Waals surface area contributed by atoms with Gasteiger partial charge >= 0.3 is 0 Å². The van der Waals surface area contributed by atoms with Gasteiger partial charge < -0.3 is 17.5 Å². The average molecular weight is 505 g/mol. The number of para-hydroxylation sites is 1. The predicted octanol–water partition coefficient (Wildman–Crippen LogP) is 2.88. The van der Waals surface area contributed by atoms with Crippen LogP contribution in [0, 0.1) is 3.57 Å². The predicted molar refractivity (Wildman–Crippen MR) is 95.9 cm³/mol. The first-order valence-electron chi connectivity index (χ1n) is 6.47. The molecule has 0 radical (unpaired) electrons. The molecule has 0 amide bonds. The number of hydrogen-bond donors (Lipinski definition) is 0. The molecule has 0 N–H and O–H groups in total. The van der Waals surface area contributed by atoms with E-state index in [-0.39, 0.29) is 5.56 Å². The minimum Gasteiger partial charge on any atom is -0.545 e. The monoisotopic (exact) mass is 505 g/mol. The van der Waals surface area contributed by atoms with Crippen LogP contribution in [-0.2, 0) is 0 Å². The fourth-order valence-corrected chi connectivity index (χ4v) is 2.92. The Labute approximate surface area is 148 Å². The van der Waals surface area contributed by atoms with Crippen molar-refractivity contribution in [1.29, 1.82) is 0 Å². The average Bonchev–Trinajstić information content (AvgIpc) is 2.46. The maximum atomic E-state index is 10.5. The van der Waals surface area contributed by atoms with Crippen molar-refractivity contribution < 1.29 is 17.5 Å². The molecule has 0 bridgehead atoms. The lowest BCUT2D eigenvalue weighted by Crippen LogP contribution is -2.42. The molecule has 0 aliphatic heterocycles. The molecule has 0 atom stereocenters. The molecule has 20 heavy (non-hydrogen) atoms. The van der Waals surface area contributed by atoms with Crippen LogP contribution in [0.2, 0.25) is 0 Å². The molecule has 114 valence electrons. The fraction of sp³-hybridized carbons (Fsp3) is 0.500. The number of nitrogens with zero attached hydrogens (tertiary/aromatic N) is 1. The van der Waals surface area contributed by atoms with E-state index in [1.165, 1.54) is 30.2 Å². The Kier molecular flexibility index (Phi) is 9.73. The van der Waals surface area contributed by atoms with Crippen molar-refractivity contribution in [3.63, 3.8) is 0 Å². The second-order valence-corrected chi connectivity index (χ2v) is 6.15. The SMILES string of the molecule is CC[N+](C)(CC)CC.O=C([O-])c1cccc(I)c1OI. The van der Waals surface area contributed by atoms with Crippen LogP contribution in [0.3, 0.4) is 0 Å². The van der Waals surface area contributed by atoms with Crippen molar-refractivity contribution in [3.8, 4) is 5.75 Å². The Morgan fingerprint density at radius 2 is 1.75 bits per heavy atom. The number of carboxylic acid groups (broad SMARTS) is 1. The highest BCUT2D eigenvalue weighted by molar-refractivity contribution is 14.1. The molecule has 0 spiro atoms. The molecule has 0 saturated carbocycles. The summed E-state index contributed by atoms with van der Waals surface area (Å²) in [6.45, 7) is 10.5. The van der Waals surface area contributed by atoms with Gasteiger partial charge in [-0.1, -0.05) is 6.07 Å². The van der Waals surface area contributed by atoms with Crippen molar-refractivity contribution in [2.45, 2.75) is 20.8 Å². The summed E-state index contributed by atoms with van der Waals surface area (Å²) in [5.74, 6) is -0.876. The lowest BCUT2D eigenvalue weighted by atomic mass is 10.2. The molecule has 1 aromatic carbocycles. The van der Waals surface area contributed by atoms with Gasteiger partial charge in [-0.25, -0.2) is 0 Å². The highest BCUT2D eigenvalue weighted by atomic mass is 127. The van der Waals surface area contributed by atoms with Crippen LogP contribution in [0.15, 0.2) is 18.2 Å². The molecule has 6 heteroatoms. The number of hydrogen-bond acceptors (Lipinski definition) is 3. The first-order chi connectivity index (χ1) is 9.35. The number of aromatic carboxylic acids is 1. The van der Waals surface area contributed by atoms with Crippen LogP contribution in [-0.4, -0.2) is 37.1 Å². The van der Waals surface area contributed by atoms with Crippen LogP contribution < -0.4 is 8.17 Å². The largest absolute Gasteiger partial charge is 0.545 e. The van der Waals surface area contributed by atoms with E-state index in [1.54, 1.807) is 35.1 Å². The molecule has 1 aromatic rings. The van der Waals surface area contributed by atoms with Gasteiger partial charge in [-0.3, -0.25) is 0 Å². The normalized spacial score (nSPS) is 10.5. The number of carbonyl (C=O) groups excluding carboxylic acids is 1. The number of carbonyl (C=O) groups is 1. The number of rotatable bonds is 5. The maximum absolute atomic E-state index is 10.5. The number of carboxylic acids is 1. The Morgan fingerprint density at radius 1 is 1.25 bits per heavy atom. The van der Waals surface area contributed by atoms with Crippen LogP contribution >= 0.6 is 45.6 Å². The standard InChI is InChI=1S/C7H4I2O3.C7H18N/c8-5-3-1-2-4(7(10)11)6(5)12-9;1-5-8(4,6-2)7-3/h1-3H,(H,10,11);5-7H2,1-4H3/q;+1/p-1. The zero-order valence-corrected chi connectivity index (χ0v) is 16.6. The van der Waals surface area contributed by atoms with E-state index in [2.05, 4.69) is 27.8 Å². The molecule has 0 unspecified atom stereocenters. The van der Waals surface area contributed by atoms with Gasteiger partial charge in [0.25, 0.3) is 0 Å². The first kappa shape index (κ1) is 19.9. The Hall–Kier alpha value is -0.0900. The third-order valence-corrected chi connectivity index (χ3v) is 4.84. The van der Waals surface area contributed by atoms with Gasteiger partial charge in [0.15, 0.2) is 28.8 Å². The van der Waals surface area contributed by atoms with E-state index in [9.17, 15) is 9.90 Å². The zero-order valence-electron chi connectivity index (χ0n) is 12.3. The van der Waals surface area contributed by atoms with Gasteiger partial charge in [0.2, 0.25) is 0 Å². The number of benzene rings is 1.